The van der Waals surface area contributed by atoms with Crippen LogP contribution in [-0.2, 0) is 9.84 Å². The maximum absolute atomic E-state index is 12.0. The zero-order valence-electron chi connectivity index (χ0n) is 10.6. The highest BCUT2D eigenvalue weighted by molar-refractivity contribution is 7.92. The van der Waals surface area contributed by atoms with Crippen molar-refractivity contribution in [3.8, 4) is 11.5 Å². The molecule has 0 unspecified atom stereocenters. The highest BCUT2D eigenvalue weighted by Crippen LogP contribution is 2.53. The lowest BCUT2D eigenvalue weighted by Crippen LogP contribution is -2.13. The van der Waals surface area contributed by atoms with Crippen LogP contribution in [0.2, 0.25) is 0 Å². The first-order chi connectivity index (χ1) is 9.08. The lowest BCUT2D eigenvalue weighted by atomic mass is 10.1. The molecule has 6 heteroatoms. The van der Waals surface area contributed by atoms with Gasteiger partial charge < -0.3 is 14.6 Å². The van der Waals surface area contributed by atoms with Gasteiger partial charge in [0.15, 0.2) is 21.3 Å². The average molecular weight is 284 g/mol. The average Bonchev–Trinajstić information content (AvgIpc) is 2.99. The van der Waals surface area contributed by atoms with Gasteiger partial charge in [0.25, 0.3) is 0 Å². The molecular formula is C13H16O5S. The summed E-state index contributed by atoms with van der Waals surface area (Å²) in [5.41, 5.74) is 0.894. The molecule has 1 aliphatic heterocycles. The molecule has 0 radical (unpaired) electrons. The number of benzene rings is 1. The molecule has 1 heterocycles. The molecule has 104 valence electrons. The van der Waals surface area contributed by atoms with Crippen molar-refractivity contribution < 1.29 is 23.0 Å². The van der Waals surface area contributed by atoms with Gasteiger partial charge in [0.2, 0.25) is 6.79 Å². The molecular weight excluding hydrogens is 268 g/mol. The van der Waals surface area contributed by atoms with Gasteiger partial charge >= 0.3 is 0 Å². The number of ether oxygens (including phenoxy) is 2. The van der Waals surface area contributed by atoms with Crippen LogP contribution in [0.15, 0.2) is 18.2 Å². The van der Waals surface area contributed by atoms with E-state index in [0.717, 1.165) is 5.56 Å². The van der Waals surface area contributed by atoms with Crippen LogP contribution in [0.4, 0.5) is 0 Å². The third kappa shape index (κ3) is 1.99. The lowest BCUT2D eigenvalue weighted by molar-refractivity contribution is 0.174. The molecule has 0 bridgehead atoms. The van der Waals surface area contributed by atoms with Crippen molar-refractivity contribution in [1.82, 2.24) is 0 Å². The number of fused-ring (bicyclic) bond motifs is 1. The Labute approximate surface area is 112 Å². The minimum atomic E-state index is -3.13. The Kier molecular flexibility index (Phi) is 2.94. The van der Waals surface area contributed by atoms with Gasteiger partial charge in [-0.1, -0.05) is 13.0 Å². The van der Waals surface area contributed by atoms with Crippen LogP contribution in [0, 0.1) is 5.92 Å². The first kappa shape index (κ1) is 12.7. The van der Waals surface area contributed by atoms with Gasteiger partial charge in [-0.3, -0.25) is 0 Å². The second-order valence-corrected chi connectivity index (χ2v) is 7.35. The van der Waals surface area contributed by atoms with Crippen LogP contribution in [-0.4, -0.2) is 37.9 Å². The van der Waals surface area contributed by atoms with Crippen molar-refractivity contribution in [3.05, 3.63) is 23.8 Å². The monoisotopic (exact) mass is 284 g/mol. The highest BCUT2D eigenvalue weighted by atomic mass is 32.2. The van der Waals surface area contributed by atoms with Gasteiger partial charge in [0.1, 0.15) is 0 Å². The van der Waals surface area contributed by atoms with Crippen molar-refractivity contribution in [2.75, 3.05) is 19.2 Å². The fourth-order valence-corrected chi connectivity index (χ4v) is 4.69. The molecule has 0 amide bonds. The number of hydrogen-bond donors (Lipinski definition) is 1. The number of rotatable bonds is 4. The van der Waals surface area contributed by atoms with Crippen LogP contribution < -0.4 is 9.47 Å². The Morgan fingerprint density at radius 1 is 1.32 bits per heavy atom. The lowest BCUT2D eigenvalue weighted by Gasteiger charge is -2.02. The van der Waals surface area contributed by atoms with Gasteiger partial charge in [-0.05, 0) is 17.7 Å². The van der Waals surface area contributed by atoms with E-state index < -0.39 is 15.1 Å². The molecule has 19 heavy (non-hydrogen) atoms. The van der Waals surface area contributed by atoms with Gasteiger partial charge in [-0.15, -0.1) is 0 Å². The number of hydrogen-bond acceptors (Lipinski definition) is 5. The summed E-state index contributed by atoms with van der Waals surface area (Å²) in [7, 11) is -3.13. The third-order valence-electron chi connectivity index (χ3n) is 3.91. The Balaban J connectivity index is 1.91. The van der Waals surface area contributed by atoms with E-state index in [1.165, 1.54) is 0 Å². The Bertz CT molecular complexity index is 595. The van der Waals surface area contributed by atoms with Crippen molar-refractivity contribution >= 4 is 9.84 Å². The number of sulfone groups is 1. The second-order valence-electron chi connectivity index (χ2n) is 4.90. The van der Waals surface area contributed by atoms with Crippen molar-refractivity contribution in [3.63, 3.8) is 0 Å². The van der Waals surface area contributed by atoms with Crippen molar-refractivity contribution in [2.45, 2.75) is 18.1 Å². The summed E-state index contributed by atoms with van der Waals surface area (Å²) < 4.78 is 34.5. The molecule has 1 N–H and O–H groups in total. The van der Waals surface area contributed by atoms with E-state index >= 15 is 0 Å². The summed E-state index contributed by atoms with van der Waals surface area (Å²) in [6, 6.07) is 5.47. The Hall–Kier alpha value is -1.27. The second kappa shape index (κ2) is 4.38. The fourth-order valence-electron chi connectivity index (χ4n) is 2.80. The highest BCUT2D eigenvalue weighted by Gasteiger charge is 2.57. The topological polar surface area (TPSA) is 72.8 Å². The van der Waals surface area contributed by atoms with E-state index in [4.69, 9.17) is 9.47 Å². The molecule has 3 rings (SSSR count). The summed E-state index contributed by atoms with van der Waals surface area (Å²) in [6.07, 6.45) is 0. The largest absolute Gasteiger partial charge is 0.454 e. The van der Waals surface area contributed by atoms with E-state index in [0.29, 0.717) is 11.5 Å². The Morgan fingerprint density at radius 2 is 2.05 bits per heavy atom. The maximum atomic E-state index is 12.0. The van der Waals surface area contributed by atoms with Crippen LogP contribution in [0.1, 0.15) is 18.4 Å². The van der Waals surface area contributed by atoms with Crippen LogP contribution >= 0.6 is 0 Å². The minimum absolute atomic E-state index is 0.106. The molecule has 5 nitrogen and oxygen atoms in total. The van der Waals surface area contributed by atoms with E-state index in [9.17, 15) is 13.5 Å². The molecule has 1 aromatic rings. The zero-order chi connectivity index (χ0) is 13.6. The SMILES string of the molecule is CCS(=O)(=O)[C@@H]1[C@H](CO)[C@H]1c1ccc2c(c1)OCO2. The zero-order valence-corrected chi connectivity index (χ0v) is 11.4. The van der Waals surface area contributed by atoms with E-state index in [2.05, 4.69) is 0 Å². The molecule has 1 aromatic carbocycles. The molecule has 0 aromatic heterocycles. The number of aliphatic hydroxyl groups excluding tert-OH is 1. The normalized spacial score (nSPS) is 28.4. The van der Waals surface area contributed by atoms with E-state index in [-0.39, 0.29) is 31.0 Å². The quantitative estimate of drug-likeness (QED) is 0.890. The summed E-state index contributed by atoms with van der Waals surface area (Å²) in [5.74, 6) is 1.10. The molecule has 1 aliphatic carbocycles. The molecule has 3 atom stereocenters. The smallest absolute Gasteiger partial charge is 0.231 e. The van der Waals surface area contributed by atoms with E-state index in [1.807, 2.05) is 12.1 Å². The van der Waals surface area contributed by atoms with Crippen molar-refractivity contribution in [1.29, 1.82) is 0 Å². The standard InChI is InChI=1S/C13H16O5S/c1-2-19(15,16)13-9(6-14)12(13)8-3-4-10-11(5-8)18-7-17-10/h3-5,9,12-14H,2,6-7H2,1H3/t9-,12-,13-/m1/s1. The maximum Gasteiger partial charge on any atom is 0.231 e. The Morgan fingerprint density at radius 3 is 2.74 bits per heavy atom. The fraction of sp³-hybridized carbons (Fsp3) is 0.538. The molecule has 1 saturated carbocycles. The predicted molar refractivity (Wildman–Crippen MR) is 69.1 cm³/mol. The summed E-state index contributed by atoms with van der Waals surface area (Å²) >= 11 is 0. The summed E-state index contributed by atoms with van der Waals surface area (Å²) in [4.78, 5) is 0. The minimum Gasteiger partial charge on any atom is -0.454 e. The van der Waals surface area contributed by atoms with Gasteiger partial charge in [-0.2, -0.15) is 0 Å². The van der Waals surface area contributed by atoms with Crippen molar-refractivity contribution in [2.24, 2.45) is 5.92 Å². The molecule has 0 spiro atoms. The van der Waals surface area contributed by atoms with Crippen LogP contribution in [0.25, 0.3) is 0 Å². The van der Waals surface area contributed by atoms with Crippen LogP contribution in [0.5, 0.6) is 11.5 Å². The molecule has 2 aliphatic rings. The van der Waals surface area contributed by atoms with E-state index in [1.54, 1.807) is 13.0 Å². The third-order valence-corrected chi connectivity index (χ3v) is 6.18. The van der Waals surface area contributed by atoms with Gasteiger partial charge in [0.05, 0.1) is 5.25 Å². The number of aliphatic hydroxyl groups is 1. The molecule has 1 fully saturated rings. The summed E-state index contributed by atoms with van der Waals surface area (Å²) in [6.45, 7) is 1.73. The van der Waals surface area contributed by atoms with Crippen LogP contribution in [0.3, 0.4) is 0 Å². The first-order valence-corrected chi connectivity index (χ1v) is 8.02. The van der Waals surface area contributed by atoms with Gasteiger partial charge in [-0.25, -0.2) is 8.42 Å². The van der Waals surface area contributed by atoms with Gasteiger partial charge in [0, 0.05) is 24.2 Å². The predicted octanol–water partition coefficient (Wildman–Crippen LogP) is 0.924. The molecule has 0 saturated heterocycles. The summed E-state index contributed by atoms with van der Waals surface area (Å²) in [5, 5.41) is 8.87. The first-order valence-electron chi connectivity index (χ1n) is 6.30.